The third-order valence-electron chi connectivity index (χ3n) is 2.02. The van der Waals surface area contributed by atoms with E-state index in [9.17, 15) is 0 Å². The Labute approximate surface area is 92.8 Å². The molecule has 0 amide bonds. The molecular weight excluding hydrogens is 246 g/mol. The molecule has 0 fully saturated rings. The fourth-order valence-corrected chi connectivity index (χ4v) is 1.74. The zero-order valence-corrected chi connectivity index (χ0v) is 10.2. The molecule has 5 heteroatoms. The summed E-state index contributed by atoms with van der Waals surface area (Å²) in [5.74, 6) is 2.03. The summed E-state index contributed by atoms with van der Waals surface area (Å²) in [5.41, 5.74) is 0. The first-order chi connectivity index (χ1) is 6.83. The molecule has 1 aromatic rings. The lowest BCUT2D eigenvalue weighted by Gasteiger charge is -2.07. The number of rotatable bonds is 6. The van der Waals surface area contributed by atoms with E-state index in [2.05, 4.69) is 37.6 Å². The van der Waals surface area contributed by atoms with Crippen molar-refractivity contribution >= 4 is 15.9 Å². The van der Waals surface area contributed by atoms with Gasteiger partial charge in [-0.25, -0.2) is 0 Å². The molecule has 0 atom stereocenters. The van der Waals surface area contributed by atoms with Crippen molar-refractivity contribution in [2.45, 2.75) is 31.6 Å². The van der Waals surface area contributed by atoms with Crippen LogP contribution in [0.15, 0.2) is 0 Å². The molecule has 0 unspecified atom stereocenters. The molecular formula is C9H16BrN3O. The number of hydrogen-bond donors (Lipinski definition) is 0. The number of halogens is 1. The van der Waals surface area contributed by atoms with Crippen molar-refractivity contribution in [1.29, 1.82) is 0 Å². The Hall–Kier alpha value is -0.420. The first-order valence-electron chi connectivity index (χ1n) is 4.79. The van der Waals surface area contributed by atoms with Gasteiger partial charge in [-0.15, -0.1) is 10.2 Å². The number of aryl methyl sites for hydroxylation is 1. The molecule has 0 spiro atoms. The van der Waals surface area contributed by atoms with Crippen LogP contribution in [0, 0.1) is 0 Å². The zero-order valence-electron chi connectivity index (χ0n) is 8.66. The van der Waals surface area contributed by atoms with E-state index >= 15 is 0 Å². The van der Waals surface area contributed by atoms with Crippen LogP contribution in [-0.2, 0) is 23.0 Å². The number of nitrogens with zero attached hydrogens (tertiary/aromatic N) is 3. The van der Waals surface area contributed by atoms with Crippen LogP contribution in [-0.4, -0.2) is 28.5 Å². The van der Waals surface area contributed by atoms with Crippen molar-refractivity contribution in [1.82, 2.24) is 14.8 Å². The molecule has 0 saturated carbocycles. The summed E-state index contributed by atoms with van der Waals surface area (Å²) in [6.45, 7) is 3.68. The highest BCUT2D eigenvalue weighted by Gasteiger charge is 2.09. The van der Waals surface area contributed by atoms with Gasteiger partial charge >= 0.3 is 0 Å². The van der Waals surface area contributed by atoms with Crippen molar-refractivity contribution in [2.24, 2.45) is 0 Å². The zero-order chi connectivity index (χ0) is 10.4. The highest BCUT2D eigenvalue weighted by atomic mass is 79.9. The molecule has 80 valence electrons. The second kappa shape index (κ2) is 6.14. The van der Waals surface area contributed by atoms with E-state index in [0.717, 1.165) is 36.4 Å². The van der Waals surface area contributed by atoms with Crippen LogP contribution < -0.4 is 0 Å². The van der Waals surface area contributed by atoms with E-state index < -0.39 is 0 Å². The quantitative estimate of drug-likeness (QED) is 0.733. The van der Waals surface area contributed by atoms with Crippen molar-refractivity contribution in [3.63, 3.8) is 0 Å². The van der Waals surface area contributed by atoms with Gasteiger partial charge in [0.1, 0.15) is 11.6 Å². The summed E-state index contributed by atoms with van der Waals surface area (Å²) in [5, 5.41) is 9.02. The average Bonchev–Trinajstić information content (AvgIpc) is 2.58. The summed E-state index contributed by atoms with van der Waals surface area (Å²) in [7, 11) is 1.71. The minimum absolute atomic E-state index is 0.703. The second-order valence-electron chi connectivity index (χ2n) is 3.06. The fraction of sp³-hybridized carbons (Fsp3) is 0.778. The maximum absolute atomic E-state index is 5.06. The van der Waals surface area contributed by atoms with Gasteiger partial charge in [-0.3, -0.25) is 0 Å². The van der Waals surface area contributed by atoms with Gasteiger partial charge in [0, 0.05) is 20.1 Å². The van der Waals surface area contributed by atoms with E-state index in [1.54, 1.807) is 7.11 Å². The van der Waals surface area contributed by atoms with E-state index in [1.807, 2.05) is 0 Å². The minimum Gasteiger partial charge on any atom is -0.383 e. The van der Waals surface area contributed by atoms with Gasteiger partial charge in [-0.1, -0.05) is 22.9 Å². The van der Waals surface area contributed by atoms with Crippen LogP contribution in [0.4, 0.5) is 0 Å². The van der Waals surface area contributed by atoms with Crippen LogP contribution in [0.25, 0.3) is 0 Å². The highest BCUT2D eigenvalue weighted by Crippen LogP contribution is 2.08. The Morgan fingerprint density at radius 3 is 2.64 bits per heavy atom. The predicted molar refractivity (Wildman–Crippen MR) is 58.5 cm³/mol. The van der Waals surface area contributed by atoms with Gasteiger partial charge in [0.25, 0.3) is 0 Å². The Bertz CT molecular complexity index is 275. The van der Waals surface area contributed by atoms with Crippen LogP contribution in [0.2, 0.25) is 0 Å². The summed E-state index contributed by atoms with van der Waals surface area (Å²) < 4.78 is 7.18. The lowest BCUT2D eigenvalue weighted by molar-refractivity contribution is 0.185. The van der Waals surface area contributed by atoms with E-state index in [-0.39, 0.29) is 0 Å². The lowest BCUT2D eigenvalue weighted by atomic mass is 10.3. The van der Waals surface area contributed by atoms with Crippen LogP contribution in [0.3, 0.4) is 0 Å². The molecule has 0 bridgehead atoms. The number of ether oxygens (including phenoxy) is 1. The molecule has 0 aliphatic heterocycles. The predicted octanol–water partition coefficient (Wildman–Crippen LogP) is 1.77. The largest absolute Gasteiger partial charge is 0.383 e. The molecule has 1 rings (SSSR count). The van der Waals surface area contributed by atoms with Gasteiger partial charge in [0.2, 0.25) is 0 Å². The molecule has 0 N–H and O–H groups in total. The highest BCUT2D eigenvalue weighted by molar-refractivity contribution is 9.08. The molecule has 0 saturated heterocycles. The molecule has 14 heavy (non-hydrogen) atoms. The summed E-state index contributed by atoms with van der Waals surface area (Å²) in [4.78, 5) is 0. The number of aromatic nitrogens is 3. The molecule has 0 aliphatic rings. The molecule has 1 heterocycles. The summed E-state index contributed by atoms with van der Waals surface area (Å²) in [6.07, 6.45) is 2.07. The fourth-order valence-electron chi connectivity index (χ4n) is 1.32. The third-order valence-corrected chi connectivity index (χ3v) is 2.52. The van der Waals surface area contributed by atoms with Gasteiger partial charge in [0.15, 0.2) is 0 Å². The average molecular weight is 262 g/mol. The Balaban J connectivity index is 2.76. The van der Waals surface area contributed by atoms with Crippen LogP contribution in [0.1, 0.15) is 25.0 Å². The molecule has 0 aliphatic carbocycles. The van der Waals surface area contributed by atoms with Crippen molar-refractivity contribution < 1.29 is 4.74 Å². The number of hydrogen-bond acceptors (Lipinski definition) is 3. The van der Waals surface area contributed by atoms with E-state index in [0.29, 0.717) is 6.61 Å². The first kappa shape index (κ1) is 11.7. The van der Waals surface area contributed by atoms with E-state index in [4.69, 9.17) is 4.74 Å². The SMILES string of the molecule is CCCc1nnc(CBr)n1CCOC. The van der Waals surface area contributed by atoms with Crippen LogP contribution in [0.5, 0.6) is 0 Å². The smallest absolute Gasteiger partial charge is 0.143 e. The summed E-state index contributed by atoms with van der Waals surface area (Å²) in [6, 6.07) is 0. The van der Waals surface area contributed by atoms with Crippen molar-refractivity contribution in [3.05, 3.63) is 11.6 Å². The van der Waals surface area contributed by atoms with Crippen molar-refractivity contribution in [3.8, 4) is 0 Å². The Morgan fingerprint density at radius 2 is 2.07 bits per heavy atom. The third kappa shape index (κ3) is 2.78. The molecule has 1 aromatic heterocycles. The van der Waals surface area contributed by atoms with Gasteiger partial charge in [-0.05, 0) is 6.42 Å². The minimum atomic E-state index is 0.703. The Kier molecular flexibility index (Phi) is 5.11. The number of alkyl halides is 1. The van der Waals surface area contributed by atoms with Gasteiger partial charge in [0.05, 0.1) is 11.9 Å². The Morgan fingerprint density at radius 1 is 1.36 bits per heavy atom. The van der Waals surface area contributed by atoms with Gasteiger partial charge in [-0.2, -0.15) is 0 Å². The monoisotopic (exact) mass is 261 g/mol. The van der Waals surface area contributed by atoms with E-state index in [1.165, 1.54) is 0 Å². The van der Waals surface area contributed by atoms with Crippen molar-refractivity contribution in [2.75, 3.05) is 13.7 Å². The molecule has 0 aromatic carbocycles. The molecule has 4 nitrogen and oxygen atoms in total. The first-order valence-corrected chi connectivity index (χ1v) is 5.91. The lowest BCUT2D eigenvalue weighted by Crippen LogP contribution is -2.10. The summed E-state index contributed by atoms with van der Waals surface area (Å²) >= 11 is 3.40. The normalized spacial score (nSPS) is 10.8. The molecule has 0 radical (unpaired) electrons. The standard InChI is InChI=1S/C9H16BrN3O/c1-3-4-8-11-12-9(7-10)13(8)5-6-14-2/h3-7H2,1-2H3. The van der Waals surface area contributed by atoms with Gasteiger partial charge < -0.3 is 9.30 Å². The topological polar surface area (TPSA) is 39.9 Å². The maximum Gasteiger partial charge on any atom is 0.143 e. The second-order valence-corrected chi connectivity index (χ2v) is 3.62. The van der Waals surface area contributed by atoms with Crippen LogP contribution >= 0.6 is 15.9 Å². The number of methoxy groups -OCH3 is 1. The maximum atomic E-state index is 5.06.